The predicted molar refractivity (Wildman–Crippen MR) is 43.8 cm³/mol. The largest absolute Gasteiger partial charge is 0.199 e. The van der Waals surface area contributed by atoms with E-state index in [2.05, 4.69) is 29.0 Å². The van der Waals surface area contributed by atoms with Crippen molar-refractivity contribution < 1.29 is 0 Å². The van der Waals surface area contributed by atoms with E-state index in [1.54, 1.807) is 13.0 Å². The lowest BCUT2D eigenvalue weighted by atomic mass is 10.4. The van der Waals surface area contributed by atoms with Gasteiger partial charge >= 0.3 is 0 Å². The Bertz CT molecular complexity index is 189. The molecule has 0 spiro atoms. The van der Waals surface area contributed by atoms with Gasteiger partial charge in [-0.15, -0.1) is 0 Å². The number of nitrogens with zero attached hydrogens (tertiary/aromatic N) is 1. The molecule has 0 saturated heterocycles. The normalized spacial score (nSPS) is 10.2. The molecule has 0 aliphatic carbocycles. The minimum Gasteiger partial charge on any atom is -0.199 e. The van der Waals surface area contributed by atoms with E-state index < -0.39 is 0 Å². The Labute approximate surface area is 64.7 Å². The van der Waals surface area contributed by atoms with Crippen molar-refractivity contribution in [1.29, 1.82) is 0 Å². The second-order valence-electron chi connectivity index (χ2n) is 1.44. The van der Waals surface area contributed by atoms with Crippen molar-refractivity contribution in [3.8, 4) is 0 Å². The van der Waals surface area contributed by atoms with E-state index in [1.165, 1.54) is 0 Å². The Kier molecular flexibility index (Phi) is 4.24. The van der Waals surface area contributed by atoms with Gasteiger partial charge in [-0.2, -0.15) is 4.99 Å². The molecular weight excluding hydrogens is 154 g/mol. The van der Waals surface area contributed by atoms with Gasteiger partial charge in [0.05, 0.1) is 5.16 Å². The van der Waals surface area contributed by atoms with Crippen LogP contribution in [0, 0.1) is 0 Å². The van der Waals surface area contributed by atoms with Gasteiger partial charge in [0.2, 0.25) is 0 Å². The molecular formula is C6H6ClNS. The predicted octanol–water partition coefficient (Wildman–Crippen LogP) is 2.75. The van der Waals surface area contributed by atoms with Crippen molar-refractivity contribution in [2.75, 3.05) is 0 Å². The molecule has 0 saturated carbocycles. The number of hydrogen-bond donors (Lipinski definition) is 0. The standard InChI is InChI=1S/C6H6ClNS/c1-5(7)3-6(2)8-4-9/h3H,1H2,2H3. The van der Waals surface area contributed by atoms with Crippen molar-refractivity contribution in [2.24, 2.45) is 4.99 Å². The molecule has 3 heteroatoms. The average Bonchev–Trinajstić information content (AvgIpc) is 1.63. The second-order valence-corrected chi connectivity index (χ2v) is 2.10. The minimum atomic E-state index is 0.446. The average molecular weight is 160 g/mol. The first kappa shape index (κ1) is 8.57. The van der Waals surface area contributed by atoms with Gasteiger partial charge in [-0.05, 0) is 25.2 Å². The number of thiocarbonyl (C=S) groups is 1. The lowest BCUT2D eigenvalue weighted by Crippen LogP contribution is -1.66. The monoisotopic (exact) mass is 159 g/mol. The number of halogens is 1. The molecule has 0 aliphatic heterocycles. The van der Waals surface area contributed by atoms with Crippen molar-refractivity contribution >= 4 is 29.0 Å². The topological polar surface area (TPSA) is 12.4 Å². The summed E-state index contributed by atoms with van der Waals surface area (Å²) >= 11 is 9.77. The van der Waals surface area contributed by atoms with Gasteiger partial charge < -0.3 is 0 Å². The fourth-order valence-corrected chi connectivity index (χ4v) is 0.633. The van der Waals surface area contributed by atoms with E-state index in [1.807, 2.05) is 0 Å². The van der Waals surface area contributed by atoms with E-state index in [9.17, 15) is 0 Å². The smallest absolute Gasteiger partial charge is 0.0637 e. The second kappa shape index (κ2) is 4.45. The molecule has 0 fully saturated rings. The summed E-state index contributed by atoms with van der Waals surface area (Å²) in [7, 11) is 0. The molecule has 0 aromatic rings. The first-order chi connectivity index (χ1) is 4.16. The minimum absolute atomic E-state index is 0.446. The third kappa shape index (κ3) is 5.44. The highest BCUT2D eigenvalue weighted by Gasteiger charge is 1.81. The molecule has 0 radical (unpaired) electrons. The summed E-state index contributed by atoms with van der Waals surface area (Å²) in [4.78, 5) is 3.65. The van der Waals surface area contributed by atoms with Crippen LogP contribution in [0.5, 0.6) is 0 Å². The highest BCUT2D eigenvalue weighted by molar-refractivity contribution is 7.78. The summed E-state index contributed by atoms with van der Waals surface area (Å²) in [5.74, 6) is 0. The van der Waals surface area contributed by atoms with Gasteiger partial charge in [0.25, 0.3) is 0 Å². The summed E-state index contributed by atoms with van der Waals surface area (Å²) in [5.41, 5.74) is 0.713. The van der Waals surface area contributed by atoms with Gasteiger partial charge in [-0.25, -0.2) is 0 Å². The van der Waals surface area contributed by atoms with Gasteiger partial charge in [0.15, 0.2) is 0 Å². The molecule has 0 aliphatic rings. The van der Waals surface area contributed by atoms with E-state index in [0.717, 1.165) is 0 Å². The van der Waals surface area contributed by atoms with Crippen LogP contribution >= 0.6 is 23.8 Å². The molecule has 0 unspecified atom stereocenters. The van der Waals surface area contributed by atoms with Crippen LogP contribution in [0.4, 0.5) is 0 Å². The molecule has 0 bridgehead atoms. The number of allylic oxidation sites excluding steroid dienone is 3. The summed E-state index contributed by atoms with van der Waals surface area (Å²) < 4.78 is 0. The van der Waals surface area contributed by atoms with Crippen molar-refractivity contribution in [2.45, 2.75) is 6.92 Å². The van der Waals surface area contributed by atoms with Gasteiger partial charge in [0.1, 0.15) is 0 Å². The number of isothiocyanates is 1. The van der Waals surface area contributed by atoms with Crippen LogP contribution in [0.25, 0.3) is 0 Å². The van der Waals surface area contributed by atoms with Gasteiger partial charge in [0, 0.05) is 10.7 Å². The SMILES string of the molecule is C=C(Cl)C=C(C)N=C=S. The molecule has 48 valence electrons. The van der Waals surface area contributed by atoms with Gasteiger partial charge in [-0.3, -0.25) is 0 Å². The molecule has 1 nitrogen and oxygen atoms in total. The maximum atomic E-state index is 5.42. The zero-order valence-electron chi connectivity index (χ0n) is 5.02. The van der Waals surface area contributed by atoms with Crippen LogP contribution in [0.3, 0.4) is 0 Å². The quantitative estimate of drug-likeness (QED) is 0.343. The number of hydrogen-bond acceptors (Lipinski definition) is 2. The van der Waals surface area contributed by atoms with Crippen molar-refractivity contribution in [3.63, 3.8) is 0 Å². The Morgan fingerprint density at radius 3 is 2.78 bits per heavy atom. The van der Waals surface area contributed by atoms with E-state index in [-0.39, 0.29) is 0 Å². The zero-order valence-corrected chi connectivity index (χ0v) is 6.59. The van der Waals surface area contributed by atoms with E-state index >= 15 is 0 Å². The molecule has 0 rings (SSSR count). The van der Waals surface area contributed by atoms with Crippen LogP contribution in [0.1, 0.15) is 6.92 Å². The molecule has 0 aromatic heterocycles. The first-order valence-electron chi connectivity index (χ1n) is 2.27. The molecule has 0 N–H and O–H groups in total. The third-order valence-electron chi connectivity index (χ3n) is 0.588. The Balaban J connectivity index is 4.16. The summed E-state index contributed by atoms with van der Waals surface area (Å²) in [6.07, 6.45) is 1.61. The Morgan fingerprint density at radius 2 is 2.44 bits per heavy atom. The molecule has 0 amide bonds. The van der Waals surface area contributed by atoms with Crippen LogP contribution in [0.15, 0.2) is 28.4 Å². The highest BCUT2D eigenvalue weighted by atomic mass is 35.5. The molecule has 0 heterocycles. The lowest BCUT2D eigenvalue weighted by molar-refractivity contribution is 1.32. The van der Waals surface area contributed by atoms with Crippen molar-refractivity contribution in [1.82, 2.24) is 0 Å². The van der Waals surface area contributed by atoms with Crippen LogP contribution in [-0.4, -0.2) is 5.16 Å². The fourth-order valence-electron chi connectivity index (χ4n) is 0.331. The summed E-state index contributed by atoms with van der Waals surface area (Å²) in [5, 5.41) is 2.66. The molecule has 9 heavy (non-hydrogen) atoms. The maximum absolute atomic E-state index is 5.42. The Morgan fingerprint density at radius 1 is 1.89 bits per heavy atom. The molecule has 0 aromatic carbocycles. The lowest BCUT2D eigenvalue weighted by Gasteiger charge is -1.84. The van der Waals surface area contributed by atoms with E-state index in [0.29, 0.717) is 10.7 Å². The van der Waals surface area contributed by atoms with E-state index in [4.69, 9.17) is 11.6 Å². The summed E-state index contributed by atoms with van der Waals surface area (Å²) in [6, 6.07) is 0. The fraction of sp³-hybridized carbons (Fsp3) is 0.167. The zero-order chi connectivity index (χ0) is 7.28. The summed E-state index contributed by atoms with van der Waals surface area (Å²) in [6.45, 7) is 5.22. The maximum Gasteiger partial charge on any atom is 0.0637 e. The Hall–Kier alpha value is -0.430. The highest BCUT2D eigenvalue weighted by Crippen LogP contribution is 2.03. The number of rotatable bonds is 2. The van der Waals surface area contributed by atoms with Gasteiger partial charge in [-0.1, -0.05) is 18.2 Å². The van der Waals surface area contributed by atoms with Crippen LogP contribution in [-0.2, 0) is 0 Å². The number of aliphatic imine (C=N–C) groups is 1. The van der Waals surface area contributed by atoms with Crippen molar-refractivity contribution in [3.05, 3.63) is 23.4 Å². The van der Waals surface area contributed by atoms with Crippen LogP contribution in [0.2, 0.25) is 0 Å². The molecule has 0 atom stereocenters. The third-order valence-corrected chi connectivity index (χ3v) is 0.788. The van der Waals surface area contributed by atoms with Crippen LogP contribution < -0.4 is 0 Å². The first-order valence-corrected chi connectivity index (χ1v) is 3.06.